The molecule has 0 aliphatic carbocycles. The number of allylic oxidation sites excluding steroid dienone is 1. The van der Waals surface area contributed by atoms with Gasteiger partial charge in [-0.3, -0.25) is 9.59 Å². The molecule has 0 fully saturated rings. The lowest BCUT2D eigenvalue weighted by Gasteiger charge is -2.11. The largest absolute Gasteiger partial charge is 0.507 e. The third-order valence-electron chi connectivity index (χ3n) is 3.12. The van der Waals surface area contributed by atoms with Gasteiger partial charge in [0, 0.05) is 13.0 Å². The monoisotopic (exact) mass is 311 g/mol. The summed E-state index contributed by atoms with van der Waals surface area (Å²) in [4.78, 5) is 23.5. The first-order chi connectivity index (χ1) is 11.0. The molecule has 0 aromatic heterocycles. The molecule has 118 valence electrons. The molecule has 0 spiro atoms. The van der Waals surface area contributed by atoms with Crippen LogP contribution >= 0.6 is 0 Å². The van der Waals surface area contributed by atoms with Crippen LogP contribution in [0.5, 0.6) is 11.5 Å². The Labute approximate surface area is 134 Å². The van der Waals surface area contributed by atoms with Crippen molar-refractivity contribution in [2.45, 2.75) is 6.92 Å². The molecule has 5 nitrogen and oxygen atoms in total. The van der Waals surface area contributed by atoms with Gasteiger partial charge >= 0.3 is 0 Å². The summed E-state index contributed by atoms with van der Waals surface area (Å²) in [5.41, 5.74) is 1.28. The smallest absolute Gasteiger partial charge is 0.221 e. The maximum Gasteiger partial charge on any atom is 0.221 e. The van der Waals surface area contributed by atoms with E-state index in [2.05, 4.69) is 5.32 Å². The van der Waals surface area contributed by atoms with Gasteiger partial charge in [-0.25, -0.2) is 0 Å². The van der Waals surface area contributed by atoms with E-state index in [4.69, 9.17) is 4.74 Å². The van der Waals surface area contributed by atoms with Crippen LogP contribution in [-0.2, 0) is 4.79 Å². The van der Waals surface area contributed by atoms with Crippen molar-refractivity contribution in [3.63, 3.8) is 0 Å². The summed E-state index contributed by atoms with van der Waals surface area (Å²) in [7, 11) is 1.41. The van der Waals surface area contributed by atoms with Crippen LogP contribution in [0.2, 0.25) is 0 Å². The number of rotatable bonds is 5. The molecule has 2 rings (SSSR count). The molecule has 0 bridgehead atoms. The van der Waals surface area contributed by atoms with Crippen LogP contribution in [0.1, 0.15) is 22.8 Å². The SMILES string of the molecule is COc1cc(O)c(C(=O)C=Cc2ccccc2)cc1NC(C)=O. The average Bonchev–Trinajstić information content (AvgIpc) is 2.54. The fourth-order valence-electron chi connectivity index (χ4n) is 2.05. The van der Waals surface area contributed by atoms with Crippen molar-refractivity contribution in [2.24, 2.45) is 0 Å². The van der Waals surface area contributed by atoms with E-state index in [0.717, 1.165) is 5.56 Å². The van der Waals surface area contributed by atoms with E-state index in [-0.39, 0.29) is 28.8 Å². The Morgan fingerprint density at radius 3 is 2.48 bits per heavy atom. The van der Waals surface area contributed by atoms with E-state index in [1.54, 1.807) is 6.08 Å². The third-order valence-corrected chi connectivity index (χ3v) is 3.12. The number of benzene rings is 2. The zero-order chi connectivity index (χ0) is 16.8. The van der Waals surface area contributed by atoms with Crippen LogP contribution in [0.25, 0.3) is 6.08 Å². The lowest BCUT2D eigenvalue weighted by atomic mass is 10.1. The topological polar surface area (TPSA) is 75.6 Å². The standard InChI is InChI=1S/C18H17NO4/c1-12(20)19-15-10-14(17(22)11-18(15)23-2)16(21)9-8-13-6-4-3-5-7-13/h3-11,22H,1-2H3,(H,19,20). The first-order valence-corrected chi connectivity index (χ1v) is 6.97. The molecule has 0 heterocycles. The van der Waals surface area contributed by atoms with E-state index >= 15 is 0 Å². The second-order valence-corrected chi connectivity index (χ2v) is 4.86. The second-order valence-electron chi connectivity index (χ2n) is 4.86. The van der Waals surface area contributed by atoms with Crippen molar-refractivity contribution in [1.82, 2.24) is 0 Å². The molecule has 1 amide bonds. The first kappa shape index (κ1) is 16.3. The zero-order valence-corrected chi connectivity index (χ0v) is 12.9. The number of hydrogen-bond donors (Lipinski definition) is 2. The Kier molecular flexibility index (Phi) is 5.15. The third kappa shape index (κ3) is 4.20. The summed E-state index contributed by atoms with van der Waals surface area (Å²) in [5, 5.41) is 12.6. The minimum atomic E-state index is -0.374. The van der Waals surface area contributed by atoms with Crippen LogP contribution in [0.15, 0.2) is 48.5 Å². The molecule has 0 saturated carbocycles. The van der Waals surface area contributed by atoms with E-state index in [9.17, 15) is 14.7 Å². The highest BCUT2D eigenvalue weighted by molar-refractivity contribution is 6.09. The predicted molar refractivity (Wildman–Crippen MR) is 88.8 cm³/mol. The highest BCUT2D eigenvalue weighted by Crippen LogP contribution is 2.32. The number of carbonyl (C=O) groups excluding carboxylic acids is 2. The lowest BCUT2D eigenvalue weighted by Crippen LogP contribution is -2.08. The van der Waals surface area contributed by atoms with Gasteiger partial charge in [0.15, 0.2) is 5.78 Å². The van der Waals surface area contributed by atoms with Crippen molar-refractivity contribution in [1.29, 1.82) is 0 Å². The Bertz CT molecular complexity index is 751. The molecule has 0 atom stereocenters. The quantitative estimate of drug-likeness (QED) is 0.505. The van der Waals surface area contributed by atoms with Gasteiger partial charge in [0.05, 0.1) is 18.4 Å². The normalized spacial score (nSPS) is 10.5. The first-order valence-electron chi connectivity index (χ1n) is 6.97. The van der Waals surface area contributed by atoms with Crippen LogP contribution in [0.4, 0.5) is 5.69 Å². The number of nitrogens with one attached hydrogen (secondary N) is 1. The number of ketones is 1. The maximum atomic E-state index is 12.3. The van der Waals surface area contributed by atoms with E-state index in [0.29, 0.717) is 5.69 Å². The Morgan fingerprint density at radius 2 is 1.87 bits per heavy atom. The molecule has 0 saturated heterocycles. The van der Waals surface area contributed by atoms with Crippen LogP contribution in [0, 0.1) is 0 Å². The number of phenolic OH excluding ortho intramolecular Hbond substituents is 1. The molecule has 5 heteroatoms. The highest BCUT2D eigenvalue weighted by Gasteiger charge is 2.15. The van der Waals surface area contributed by atoms with E-state index in [1.807, 2.05) is 30.3 Å². The van der Waals surface area contributed by atoms with Crippen molar-refractivity contribution < 1.29 is 19.4 Å². The van der Waals surface area contributed by atoms with Crippen molar-refractivity contribution in [2.75, 3.05) is 12.4 Å². The molecule has 2 N–H and O–H groups in total. The summed E-state index contributed by atoms with van der Waals surface area (Å²) in [6.45, 7) is 1.35. The molecule has 2 aromatic carbocycles. The minimum absolute atomic E-state index is 0.0849. The summed E-state index contributed by atoms with van der Waals surface area (Å²) >= 11 is 0. The molecule has 0 aliphatic rings. The molecular weight excluding hydrogens is 294 g/mol. The number of carbonyl (C=O) groups is 2. The van der Waals surface area contributed by atoms with Gasteiger partial charge in [0.2, 0.25) is 5.91 Å². The van der Waals surface area contributed by atoms with Crippen LogP contribution < -0.4 is 10.1 Å². The fraction of sp³-hybridized carbons (Fsp3) is 0.111. The van der Waals surface area contributed by atoms with Gasteiger partial charge in [0.1, 0.15) is 11.5 Å². The van der Waals surface area contributed by atoms with Crippen molar-refractivity contribution >= 4 is 23.5 Å². The number of phenols is 1. The molecule has 2 aromatic rings. The van der Waals surface area contributed by atoms with Crippen LogP contribution in [-0.4, -0.2) is 23.9 Å². The van der Waals surface area contributed by atoms with Crippen molar-refractivity contribution in [3.05, 3.63) is 59.7 Å². The number of anilines is 1. The van der Waals surface area contributed by atoms with Gasteiger partial charge in [-0.2, -0.15) is 0 Å². The summed E-state index contributed by atoms with van der Waals surface area (Å²) in [6, 6.07) is 12.0. The summed E-state index contributed by atoms with van der Waals surface area (Å²) in [5.74, 6) is -0.604. The van der Waals surface area contributed by atoms with Gasteiger partial charge in [-0.15, -0.1) is 0 Å². The number of aromatic hydroxyl groups is 1. The number of hydrogen-bond acceptors (Lipinski definition) is 4. The summed E-state index contributed by atoms with van der Waals surface area (Å²) in [6.07, 6.45) is 3.03. The van der Waals surface area contributed by atoms with Gasteiger partial charge in [-0.05, 0) is 17.7 Å². The molecule has 0 aliphatic heterocycles. The fourth-order valence-corrected chi connectivity index (χ4v) is 2.05. The lowest BCUT2D eigenvalue weighted by molar-refractivity contribution is -0.114. The number of methoxy groups -OCH3 is 1. The predicted octanol–water partition coefficient (Wildman–Crippen LogP) is 3.26. The molecule has 0 unspecified atom stereocenters. The Morgan fingerprint density at radius 1 is 1.17 bits per heavy atom. The van der Waals surface area contributed by atoms with Gasteiger partial charge < -0.3 is 15.2 Å². The molecule has 23 heavy (non-hydrogen) atoms. The Hall–Kier alpha value is -3.08. The average molecular weight is 311 g/mol. The molecular formula is C18H17NO4. The second kappa shape index (κ2) is 7.26. The molecule has 0 radical (unpaired) electrons. The maximum absolute atomic E-state index is 12.3. The number of ether oxygens (including phenoxy) is 1. The van der Waals surface area contributed by atoms with Gasteiger partial charge in [-0.1, -0.05) is 36.4 Å². The van der Waals surface area contributed by atoms with E-state index in [1.165, 1.54) is 32.2 Å². The zero-order valence-electron chi connectivity index (χ0n) is 12.9. The minimum Gasteiger partial charge on any atom is -0.507 e. The highest BCUT2D eigenvalue weighted by atomic mass is 16.5. The van der Waals surface area contributed by atoms with E-state index < -0.39 is 0 Å². The summed E-state index contributed by atoms with van der Waals surface area (Å²) < 4.78 is 5.09. The van der Waals surface area contributed by atoms with Crippen LogP contribution in [0.3, 0.4) is 0 Å². The number of amides is 1. The Balaban J connectivity index is 2.32. The van der Waals surface area contributed by atoms with Crippen molar-refractivity contribution in [3.8, 4) is 11.5 Å². The van der Waals surface area contributed by atoms with Gasteiger partial charge in [0.25, 0.3) is 0 Å².